The van der Waals surface area contributed by atoms with Crippen molar-refractivity contribution in [3.63, 3.8) is 0 Å². The Morgan fingerprint density at radius 3 is 2.71 bits per heavy atom. The van der Waals surface area contributed by atoms with Crippen molar-refractivity contribution in [2.24, 2.45) is 5.41 Å². The molecule has 4 rings (SSSR count). The quantitative estimate of drug-likeness (QED) is 0.500. The number of alkyl halides is 1. The van der Waals surface area contributed by atoms with Gasteiger partial charge >= 0.3 is 0 Å². The number of aromatic nitrogens is 2. The van der Waals surface area contributed by atoms with E-state index in [1.54, 1.807) is 26.0 Å². The standard InChI is InChI=1S/C24H22BrF2N3O3S/c1-23(2,12-31)7-6-17-19(14-4-5-16(26)15(25)8-14)20-21(34-17)28-13-29(22(20)33)9-18(32)30-10-24(3,27)11-30/h4-5,8,13,31H,9-12H2,1-3H3. The van der Waals surface area contributed by atoms with Crippen molar-refractivity contribution < 1.29 is 18.7 Å². The Kier molecular flexibility index (Phi) is 6.40. The van der Waals surface area contributed by atoms with Crippen molar-refractivity contribution >= 4 is 43.4 Å². The summed E-state index contributed by atoms with van der Waals surface area (Å²) in [7, 11) is 0. The van der Waals surface area contributed by atoms with Gasteiger partial charge in [-0.2, -0.15) is 0 Å². The summed E-state index contributed by atoms with van der Waals surface area (Å²) in [6.07, 6.45) is 1.30. The van der Waals surface area contributed by atoms with E-state index in [0.717, 1.165) is 0 Å². The van der Waals surface area contributed by atoms with Crippen LogP contribution in [0.3, 0.4) is 0 Å². The van der Waals surface area contributed by atoms with Crippen LogP contribution < -0.4 is 5.56 Å². The number of thiophene rings is 1. The van der Waals surface area contributed by atoms with Gasteiger partial charge in [0.1, 0.15) is 22.9 Å². The molecule has 1 aromatic carbocycles. The number of likely N-dealkylation sites (tertiary alicyclic amines) is 1. The first-order chi connectivity index (χ1) is 15.9. The van der Waals surface area contributed by atoms with Gasteiger partial charge in [-0.15, -0.1) is 11.3 Å². The van der Waals surface area contributed by atoms with Crippen LogP contribution in [0.5, 0.6) is 0 Å². The Balaban J connectivity index is 1.85. The maximum Gasteiger partial charge on any atom is 0.263 e. The van der Waals surface area contributed by atoms with Crippen LogP contribution in [0.1, 0.15) is 25.6 Å². The first-order valence-corrected chi connectivity index (χ1v) is 12.1. The fraction of sp³-hybridized carbons (Fsp3) is 0.375. The predicted octanol–water partition coefficient (Wildman–Crippen LogP) is 3.97. The molecule has 1 saturated heterocycles. The molecule has 0 unspecified atom stereocenters. The number of aliphatic hydroxyl groups is 1. The highest BCUT2D eigenvalue weighted by Crippen LogP contribution is 2.37. The van der Waals surface area contributed by atoms with Gasteiger partial charge in [0.2, 0.25) is 5.91 Å². The van der Waals surface area contributed by atoms with Gasteiger partial charge in [-0.1, -0.05) is 17.9 Å². The Morgan fingerprint density at radius 2 is 2.09 bits per heavy atom. The van der Waals surface area contributed by atoms with Crippen LogP contribution in [-0.4, -0.2) is 50.8 Å². The van der Waals surface area contributed by atoms with E-state index in [-0.39, 0.29) is 42.0 Å². The molecule has 2 aromatic heterocycles. The monoisotopic (exact) mass is 549 g/mol. The number of nitrogens with zero attached hydrogens (tertiary/aromatic N) is 3. The number of rotatable bonds is 4. The summed E-state index contributed by atoms with van der Waals surface area (Å²) in [4.78, 5) is 32.7. The normalized spacial score (nSPS) is 15.1. The van der Waals surface area contributed by atoms with Gasteiger partial charge in [-0.05, 0) is 54.4 Å². The largest absolute Gasteiger partial charge is 0.395 e. The van der Waals surface area contributed by atoms with Crippen LogP contribution in [0, 0.1) is 23.1 Å². The zero-order valence-electron chi connectivity index (χ0n) is 18.8. The van der Waals surface area contributed by atoms with E-state index in [4.69, 9.17) is 0 Å². The molecule has 1 fully saturated rings. The van der Waals surface area contributed by atoms with E-state index in [9.17, 15) is 23.5 Å². The van der Waals surface area contributed by atoms with Crippen LogP contribution in [0.25, 0.3) is 21.3 Å². The minimum atomic E-state index is -1.41. The number of benzene rings is 1. The average Bonchev–Trinajstić information content (AvgIpc) is 3.14. The number of aliphatic hydroxyl groups excluding tert-OH is 1. The lowest BCUT2D eigenvalue weighted by Gasteiger charge is -2.42. The molecule has 1 aliphatic heterocycles. The van der Waals surface area contributed by atoms with Crippen molar-refractivity contribution in [2.75, 3.05) is 19.7 Å². The highest BCUT2D eigenvalue weighted by Gasteiger charge is 2.41. The van der Waals surface area contributed by atoms with Gasteiger partial charge in [0.15, 0.2) is 0 Å². The molecule has 1 N–H and O–H groups in total. The Morgan fingerprint density at radius 1 is 1.38 bits per heavy atom. The molecule has 0 spiro atoms. The summed E-state index contributed by atoms with van der Waals surface area (Å²) in [6.45, 7) is 4.57. The first kappa shape index (κ1) is 24.5. The number of hydrogen-bond acceptors (Lipinski definition) is 5. The maximum atomic E-state index is 13.9. The summed E-state index contributed by atoms with van der Waals surface area (Å²) >= 11 is 4.40. The molecule has 0 saturated carbocycles. The Bertz CT molecular complexity index is 1410. The molecule has 34 heavy (non-hydrogen) atoms. The highest BCUT2D eigenvalue weighted by molar-refractivity contribution is 9.10. The van der Waals surface area contributed by atoms with Crippen LogP contribution in [0.4, 0.5) is 8.78 Å². The molecule has 0 atom stereocenters. The van der Waals surface area contributed by atoms with E-state index in [2.05, 4.69) is 32.8 Å². The van der Waals surface area contributed by atoms with E-state index in [0.29, 0.717) is 20.8 Å². The molecule has 10 heteroatoms. The van der Waals surface area contributed by atoms with Crippen LogP contribution in [0.2, 0.25) is 0 Å². The van der Waals surface area contributed by atoms with Crippen LogP contribution in [-0.2, 0) is 11.3 Å². The third-order valence-corrected chi connectivity index (χ3v) is 7.12. The third kappa shape index (κ3) is 4.78. The fourth-order valence-corrected chi connectivity index (χ4v) is 4.98. The second kappa shape index (κ2) is 8.87. The molecule has 1 aliphatic rings. The lowest BCUT2D eigenvalue weighted by atomic mass is 9.95. The van der Waals surface area contributed by atoms with Gasteiger partial charge in [0.25, 0.3) is 5.56 Å². The number of carbonyl (C=O) groups is 1. The SMILES string of the molecule is CC(C)(C#Cc1sc2ncn(CC(=O)N3CC(C)(F)C3)c(=O)c2c1-c1ccc(F)c(Br)c1)CO. The van der Waals surface area contributed by atoms with Crippen molar-refractivity contribution in [3.8, 4) is 23.0 Å². The molecular formula is C24H22BrF2N3O3S. The molecular weight excluding hydrogens is 528 g/mol. The Hall–Kier alpha value is -2.61. The van der Waals surface area contributed by atoms with Crippen molar-refractivity contribution in [1.29, 1.82) is 0 Å². The molecule has 6 nitrogen and oxygen atoms in total. The maximum absolute atomic E-state index is 13.9. The summed E-state index contributed by atoms with van der Waals surface area (Å²) < 4.78 is 29.1. The topological polar surface area (TPSA) is 75.4 Å². The smallest absolute Gasteiger partial charge is 0.263 e. The average molecular weight is 550 g/mol. The molecule has 0 bridgehead atoms. The van der Waals surface area contributed by atoms with Gasteiger partial charge in [-0.25, -0.2) is 13.8 Å². The molecule has 0 radical (unpaired) electrons. The number of fused-ring (bicyclic) bond motifs is 1. The molecule has 3 heterocycles. The molecule has 178 valence electrons. The first-order valence-electron chi connectivity index (χ1n) is 10.5. The minimum absolute atomic E-state index is 0.00998. The Labute approximate surface area is 207 Å². The van der Waals surface area contributed by atoms with E-state index in [1.807, 2.05) is 0 Å². The zero-order chi connectivity index (χ0) is 24.8. The van der Waals surface area contributed by atoms with E-state index in [1.165, 1.54) is 40.1 Å². The van der Waals surface area contributed by atoms with Gasteiger partial charge in [0, 0.05) is 11.0 Å². The van der Waals surface area contributed by atoms with Gasteiger partial charge in [0.05, 0.1) is 40.8 Å². The van der Waals surface area contributed by atoms with Crippen molar-refractivity contribution in [3.05, 3.63) is 50.0 Å². The molecule has 3 aromatic rings. The summed E-state index contributed by atoms with van der Waals surface area (Å²) in [6, 6.07) is 4.39. The lowest BCUT2D eigenvalue weighted by molar-refractivity contribution is -0.144. The van der Waals surface area contributed by atoms with Crippen LogP contribution >= 0.6 is 27.3 Å². The van der Waals surface area contributed by atoms with Gasteiger partial charge in [-0.3, -0.25) is 14.2 Å². The van der Waals surface area contributed by atoms with Crippen molar-refractivity contribution in [2.45, 2.75) is 33.0 Å². The summed E-state index contributed by atoms with van der Waals surface area (Å²) in [5.74, 6) is 5.25. The fourth-order valence-electron chi connectivity index (χ4n) is 3.59. The van der Waals surface area contributed by atoms with E-state index >= 15 is 0 Å². The number of hydrogen-bond donors (Lipinski definition) is 1. The highest BCUT2D eigenvalue weighted by atomic mass is 79.9. The lowest BCUT2D eigenvalue weighted by Crippen LogP contribution is -2.60. The summed E-state index contributed by atoms with van der Waals surface area (Å²) in [5, 5.41) is 9.83. The van der Waals surface area contributed by atoms with Crippen molar-refractivity contribution in [1.82, 2.24) is 14.5 Å². The number of carbonyl (C=O) groups excluding carboxylic acids is 1. The predicted molar refractivity (Wildman–Crippen MR) is 131 cm³/mol. The second-order valence-corrected chi connectivity index (χ2v) is 11.1. The summed E-state index contributed by atoms with van der Waals surface area (Å²) in [5.41, 5.74) is -1.47. The molecule has 0 aliphatic carbocycles. The third-order valence-electron chi connectivity index (χ3n) is 5.50. The number of amides is 1. The zero-order valence-corrected chi connectivity index (χ0v) is 21.2. The van der Waals surface area contributed by atoms with Gasteiger partial charge < -0.3 is 10.0 Å². The van der Waals surface area contributed by atoms with Crippen LogP contribution in [0.15, 0.2) is 33.8 Å². The minimum Gasteiger partial charge on any atom is -0.395 e. The van der Waals surface area contributed by atoms with E-state index < -0.39 is 22.5 Å². The molecule has 1 amide bonds. The second-order valence-electron chi connectivity index (χ2n) is 9.25. The number of halogens is 3.